The highest BCUT2D eigenvalue weighted by molar-refractivity contribution is 6.14. The summed E-state index contributed by atoms with van der Waals surface area (Å²) in [5.74, 6) is 0. The van der Waals surface area contributed by atoms with Crippen molar-refractivity contribution in [1.82, 2.24) is 9.32 Å². The summed E-state index contributed by atoms with van der Waals surface area (Å²) in [5.41, 5.74) is 0. The Hall–Kier alpha value is 0.210. The number of hydrogen-bond donors (Lipinski definition) is 0. The minimum Gasteiger partial charge on any atom is -0.302 e. The van der Waals surface area contributed by atoms with Gasteiger partial charge in [-0.25, -0.2) is 4.42 Å². The summed E-state index contributed by atoms with van der Waals surface area (Å²) in [6.45, 7) is 8.86. The second kappa shape index (κ2) is 4.29. The fraction of sp³-hybridized carbons (Fsp3) is 1.00. The quantitative estimate of drug-likeness (QED) is 0.600. The van der Waals surface area contributed by atoms with Crippen LogP contribution in [0.5, 0.6) is 0 Å². The van der Waals surface area contributed by atoms with E-state index in [-0.39, 0.29) is 0 Å². The van der Waals surface area contributed by atoms with Gasteiger partial charge in [-0.1, -0.05) is 13.8 Å². The van der Waals surface area contributed by atoms with Crippen molar-refractivity contribution in [1.29, 1.82) is 0 Å². The third-order valence-corrected chi connectivity index (χ3v) is 2.88. The van der Waals surface area contributed by atoms with E-state index in [9.17, 15) is 0 Å². The van der Waals surface area contributed by atoms with E-state index in [1.165, 1.54) is 6.42 Å². The molecule has 0 aromatic rings. The van der Waals surface area contributed by atoms with Crippen molar-refractivity contribution in [3.05, 3.63) is 0 Å². The lowest BCUT2D eigenvalue weighted by Crippen LogP contribution is -2.48. The van der Waals surface area contributed by atoms with E-state index in [1.54, 1.807) is 0 Å². The van der Waals surface area contributed by atoms with Crippen LogP contribution in [0.25, 0.3) is 0 Å². The van der Waals surface area contributed by atoms with Gasteiger partial charge in [0.2, 0.25) is 0 Å². The fourth-order valence-electron chi connectivity index (χ4n) is 1.37. The summed E-state index contributed by atoms with van der Waals surface area (Å²) < 4.78 is 1.92. The van der Waals surface area contributed by atoms with Crippen molar-refractivity contribution in [2.24, 2.45) is 0 Å². The Kier molecular flexibility index (Phi) is 3.63. The third kappa shape index (κ3) is 2.32. The molecule has 0 unspecified atom stereocenters. The summed E-state index contributed by atoms with van der Waals surface area (Å²) in [5, 5.41) is 0. The number of likely N-dealkylation sites (N-methyl/N-ethyl adjacent to an activating group) is 1. The molecule has 2 nitrogen and oxygen atoms in total. The lowest BCUT2D eigenvalue weighted by molar-refractivity contribution is 0.142. The SMILES string of the molecule is CCN(CC)C[C@@H]1CCN1Cl. The van der Waals surface area contributed by atoms with Crippen LogP contribution in [0.3, 0.4) is 0 Å². The Balaban J connectivity index is 2.17. The van der Waals surface area contributed by atoms with Gasteiger partial charge in [-0.05, 0) is 31.3 Å². The van der Waals surface area contributed by atoms with Crippen LogP contribution in [0, 0.1) is 0 Å². The average Bonchev–Trinajstić information content (AvgIpc) is 2.04. The average molecular weight is 177 g/mol. The molecule has 1 fully saturated rings. The van der Waals surface area contributed by atoms with E-state index >= 15 is 0 Å². The molecule has 1 rings (SSSR count). The Morgan fingerprint density at radius 3 is 2.36 bits per heavy atom. The molecule has 0 amide bonds. The Labute approximate surface area is 74.2 Å². The molecule has 0 aromatic heterocycles. The summed E-state index contributed by atoms with van der Waals surface area (Å²) >= 11 is 5.88. The molecule has 0 spiro atoms. The van der Waals surface area contributed by atoms with E-state index in [0.717, 1.165) is 26.2 Å². The van der Waals surface area contributed by atoms with E-state index in [2.05, 4.69) is 18.7 Å². The fourth-order valence-corrected chi connectivity index (χ4v) is 1.63. The van der Waals surface area contributed by atoms with Gasteiger partial charge < -0.3 is 4.90 Å². The van der Waals surface area contributed by atoms with Crippen LogP contribution < -0.4 is 0 Å². The molecule has 0 bridgehead atoms. The first kappa shape index (κ1) is 9.30. The third-order valence-electron chi connectivity index (χ3n) is 2.44. The molecule has 3 heteroatoms. The molecule has 0 aliphatic carbocycles. The van der Waals surface area contributed by atoms with E-state index < -0.39 is 0 Å². The van der Waals surface area contributed by atoms with Crippen molar-refractivity contribution in [2.75, 3.05) is 26.2 Å². The molecule has 1 aliphatic heterocycles. The monoisotopic (exact) mass is 176 g/mol. The highest BCUT2D eigenvalue weighted by atomic mass is 35.5. The van der Waals surface area contributed by atoms with Gasteiger partial charge in [0.25, 0.3) is 0 Å². The highest BCUT2D eigenvalue weighted by Crippen LogP contribution is 2.20. The van der Waals surface area contributed by atoms with Gasteiger partial charge in [-0.3, -0.25) is 0 Å². The highest BCUT2D eigenvalue weighted by Gasteiger charge is 2.27. The predicted molar refractivity (Wildman–Crippen MR) is 48.8 cm³/mol. The van der Waals surface area contributed by atoms with Gasteiger partial charge >= 0.3 is 0 Å². The minimum atomic E-state index is 0.608. The molecule has 0 saturated carbocycles. The van der Waals surface area contributed by atoms with Crippen LogP contribution in [0.4, 0.5) is 0 Å². The number of rotatable bonds is 4. The first-order valence-corrected chi connectivity index (χ1v) is 4.76. The second-order valence-corrected chi connectivity index (χ2v) is 3.49. The minimum absolute atomic E-state index is 0.608. The summed E-state index contributed by atoms with van der Waals surface area (Å²) in [6, 6.07) is 0.608. The zero-order valence-electron chi connectivity index (χ0n) is 7.39. The van der Waals surface area contributed by atoms with Crippen LogP contribution in [0.1, 0.15) is 20.3 Å². The molecule has 1 heterocycles. The van der Waals surface area contributed by atoms with Crippen molar-refractivity contribution in [3.63, 3.8) is 0 Å². The van der Waals surface area contributed by atoms with Crippen LogP contribution in [0.2, 0.25) is 0 Å². The zero-order valence-corrected chi connectivity index (χ0v) is 8.14. The molecule has 1 saturated heterocycles. The van der Waals surface area contributed by atoms with Gasteiger partial charge in [0.05, 0.1) is 0 Å². The molecule has 66 valence electrons. The zero-order chi connectivity index (χ0) is 8.27. The normalized spacial score (nSPS) is 25.6. The van der Waals surface area contributed by atoms with Gasteiger partial charge in [-0.2, -0.15) is 0 Å². The van der Waals surface area contributed by atoms with Crippen LogP contribution in [-0.2, 0) is 0 Å². The standard InChI is InChI=1S/C8H17ClN2/c1-3-10(4-2)7-8-5-6-11(8)9/h8H,3-7H2,1-2H3/t8-/m0/s1. The molecule has 0 aromatic carbocycles. The second-order valence-electron chi connectivity index (χ2n) is 3.05. The predicted octanol–water partition coefficient (Wildman–Crippen LogP) is 1.56. The largest absolute Gasteiger partial charge is 0.302 e. The first-order valence-electron chi connectivity index (χ1n) is 4.42. The maximum Gasteiger partial charge on any atom is 0.0391 e. The van der Waals surface area contributed by atoms with Gasteiger partial charge in [0.15, 0.2) is 0 Å². The van der Waals surface area contributed by atoms with E-state index in [1.807, 2.05) is 4.42 Å². The van der Waals surface area contributed by atoms with Gasteiger partial charge in [0.1, 0.15) is 0 Å². The molecular formula is C8H17ClN2. The molecule has 0 N–H and O–H groups in total. The smallest absolute Gasteiger partial charge is 0.0391 e. The lowest BCUT2D eigenvalue weighted by Gasteiger charge is -2.38. The number of nitrogens with zero attached hydrogens (tertiary/aromatic N) is 2. The molecule has 1 aliphatic rings. The van der Waals surface area contributed by atoms with Crippen LogP contribution >= 0.6 is 11.8 Å². The Morgan fingerprint density at radius 2 is 2.09 bits per heavy atom. The maximum absolute atomic E-state index is 5.88. The lowest BCUT2D eigenvalue weighted by atomic mass is 10.1. The molecular weight excluding hydrogens is 160 g/mol. The van der Waals surface area contributed by atoms with Crippen molar-refractivity contribution < 1.29 is 0 Å². The van der Waals surface area contributed by atoms with Crippen molar-refractivity contribution >= 4 is 11.8 Å². The van der Waals surface area contributed by atoms with E-state index in [4.69, 9.17) is 11.8 Å². The summed E-state index contributed by atoms with van der Waals surface area (Å²) in [4.78, 5) is 2.42. The van der Waals surface area contributed by atoms with Gasteiger partial charge in [-0.15, -0.1) is 0 Å². The number of hydrogen-bond acceptors (Lipinski definition) is 2. The number of halogens is 1. The molecule has 11 heavy (non-hydrogen) atoms. The van der Waals surface area contributed by atoms with Crippen LogP contribution in [-0.4, -0.2) is 41.5 Å². The van der Waals surface area contributed by atoms with Crippen molar-refractivity contribution in [3.8, 4) is 0 Å². The summed E-state index contributed by atoms with van der Waals surface area (Å²) in [7, 11) is 0. The van der Waals surface area contributed by atoms with Gasteiger partial charge in [0, 0.05) is 19.1 Å². The molecule has 0 radical (unpaired) electrons. The van der Waals surface area contributed by atoms with Crippen LogP contribution in [0.15, 0.2) is 0 Å². The van der Waals surface area contributed by atoms with E-state index in [0.29, 0.717) is 6.04 Å². The topological polar surface area (TPSA) is 6.48 Å². The van der Waals surface area contributed by atoms with Crippen molar-refractivity contribution in [2.45, 2.75) is 26.3 Å². The Morgan fingerprint density at radius 1 is 1.45 bits per heavy atom. The molecule has 1 atom stereocenters. The summed E-state index contributed by atoms with van der Waals surface area (Å²) in [6.07, 6.45) is 1.26. The first-order chi connectivity index (χ1) is 5.27. The Bertz CT molecular complexity index is 112. The maximum atomic E-state index is 5.88.